The molecular weight excluding hydrogens is 276 g/mol. The van der Waals surface area contributed by atoms with Crippen LogP contribution in [0.15, 0.2) is 24.3 Å². The lowest BCUT2D eigenvalue weighted by molar-refractivity contribution is -0.124. The van der Waals surface area contributed by atoms with Crippen LogP contribution in [0.25, 0.3) is 0 Å². The van der Waals surface area contributed by atoms with Gasteiger partial charge in [-0.15, -0.1) is 0 Å². The molecule has 1 aromatic rings. The van der Waals surface area contributed by atoms with Gasteiger partial charge in [0.1, 0.15) is 5.75 Å². The lowest BCUT2D eigenvalue weighted by Crippen LogP contribution is -2.48. The fourth-order valence-electron chi connectivity index (χ4n) is 3.54. The van der Waals surface area contributed by atoms with Crippen molar-refractivity contribution >= 4 is 5.91 Å². The minimum atomic E-state index is -0.0146. The number of ether oxygens (including phenoxy) is 1. The number of amides is 1. The molecule has 0 saturated carbocycles. The van der Waals surface area contributed by atoms with Gasteiger partial charge in [0.05, 0.1) is 0 Å². The van der Waals surface area contributed by atoms with Crippen molar-refractivity contribution in [3.63, 3.8) is 0 Å². The average Bonchev–Trinajstić information content (AvgIpc) is 2.84. The standard InChI is InChI=1S/C18H26N2O2/c1-12(2)13-3-7-17(8-4-13)22-11-18(21)20-16-9-14-5-6-15(10-16)19-14/h3-4,7-8,12,14-16,19H,5-6,9-11H2,1-2H3,(H,20,21). The molecule has 1 amide bonds. The average molecular weight is 302 g/mol. The zero-order valence-electron chi connectivity index (χ0n) is 13.5. The molecule has 2 saturated heterocycles. The van der Waals surface area contributed by atoms with E-state index in [1.807, 2.05) is 12.1 Å². The summed E-state index contributed by atoms with van der Waals surface area (Å²) in [6.45, 7) is 4.42. The van der Waals surface area contributed by atoms with E-state index in [4.69, 9.17) is 4.74 Å². The normalized spacial score (nSPS) is 27.0. The number of hydrogen-bond acceptors (Lipinski definition) is 3. The third-order valence-corrected chi connectivity index (χ3v) is 4.75. The Hall–Kier alpha value is -1.55. The number of rotatable bonds is 5. The van der Waals surface area contributed by atoms with Crippen molar-refractivity contribution in [2.45, 2.75) is 63.6 Å². The number of carbonyl (C=O) groups is 1. The van der Waals surface area contributed by atoms with Gasteiger partial charge < -0.3 is 15.4 Å². The van der Waals surface area contributed by atoms with Crippen LogP contribution < -0.4 is 15.4 Å². The van der Waals surface area contributed by atoms with Gasteiger partial charge in [0, 0.05) is 18.1 Å². The van der Waals surface area contributed by atoms with Crippen LogP contribution in [0.1, 0.15) is 51.0 Å². The predicted molar refractivity (Wildman–Crippen MR) is 87.1 cm³/mol. The molecule has 1 aromatic carbocycles. The van der Waals surface area contributed by atoms with E-state index < -0.39 is 0 Å². The maximum atomic E-state index is 12.0. The van der Waals surface area contributed by atoms with E-state index in [-0.39, 0.29) is 12.5 Å². The van der Waals surface area contributed by atoms with Gasteiger partial charge >= 0.3 is 0 Å². The summed E-state index contributed by atoms with van der Waals surface area (Å²) in [6.07, 6.45) is 4.59. The fraction of sp³-hybridized carbons (Fsp3) is 0.611. The van der Waals surface area contributed by atoms with E-state index in [2.05, 4.69) is 36.6 Å². The van der Waals surface area contributed by atoms with Crippen LogP contribution in [0.2, 0.25) is 0 Å². The summed E-state index contributed by atoms with van der Waals surface area (Å²) in [5.41, 5.74) is 1.28. The number of nitrogens with one attached hydrogen (secondary N) is 2. The van der Waals surface area contributed by atoms with E-state index in [0.29, 0.717) is 24.0 Å². The van der Waals surface area contributed by atoms with Crippen molar-refractivity contribution in [1.82, 2.24) is 10.6 Å². The summed E-state index contributed by atoms with van der Waals surface area (Å²) in [5.74, 6) is 1.25. The largest absolute Gasteiger partial charge is 0.484 e. The van der Waals surface area contributed by atoms with Gasteiger partial charge in [-0.2, -0.15) is 0 Å². The number of benzene rings is 1. The molecule has 0 radical (unpaired) electrons. The summed E-state index contributed by atoms with van der Waals surface area (Å²) in [5, 5.41) is 6.70. The van der Waals surface area contributed by atoms with E-state index >= 15 is 0 Å². The van der Waals surface area contributed by atoms with Gasteiger partial charge in [-0.1, -0.05) is 26.0 Å². The Morgan fingerprint density at radius 1 is 1.23 bits per heavy atom. The molecule has 2 heterocycles. The molecule has 0 aromatic heterocycles. The van der Waals surface area contributed by atoms with Crippen molar-refractivity contribution in [2.75, 3.05) is 6.61 Å². The molecule has 2 aliphatic rings. The van der Waals surface area contributed by atoms with E-state index in [1.165, 1.54) is 18.4 Å². The molecule has 22 heavy (non-hydrogen) atoms. The van der Waals surface area contributed by atoms with Crippen LogP contribution >= 0.6 is 0 Å². The van der Waals surface area contributed by atoms with Gasteiger partial charge in [-0.3, -0.25) is 4.79 Å². The van der Waals surface area contributed by atoms with E-state index in [0.717, 1.165) is 18.6 Å². The van der Waals surface area contributed by atoms with Crippen LogP contribution in [-0.4, -0.2) is 30.6 Å². The van der Waals surface area contributed by atoms with Gasteiger partial charge in [-0.05, 0) is 49.3 Å². The lowest BCUT2D eigenvalue weighted by atomic mass is 10.00. The minimum Gasteiger partial charge on any atom is -0.484 e. The van der Waals surface area contributed by atoms with Crippen LogP contribution in [-0.2, 0) is 4.79 Å². The monoisotopic (exact) mass is 302 g/mol. The Bertz CT molecular complexity index is 500. The third kappa shape index (κ3) is 3.80. The first kappa shape index (κ1) is 15.3. The highest BCUT2D eigenvalue weighted by Crippen LogP contribution is 2.26. The molecule has 3 rings (SSSR count). The van der Waals surface area contributed by atoms with E-state index in [1.54, 1.807) is 0 Å². The Balaban J connectivity index is 1.44. The Labute approximate surface area is 132 Å². The molecule has 0 aliphatic carbocycles. The highest BCUT2D eigenvalue weighted by atomic mass is 16.5. The summed E-state index contributed by atoms with van der Waals surface area (Å²) in [7, 11) is 0. The maximum Gasteiger partial charge on any atom is 0.258 e. The molecule has 0 spiro atoms. The minimum absolute atomic E-state index is 0.0146. The third-order valence-electron chi connectivity index (χ3n) is 4.75. The lowest BCUT2D eigenvalue weighted by Gasteiger charge is -2.29. The zero-order valence-corrected chi connectivity index (χ0v) is 13.5. The molecule has 2 fully saturated rings. The summed E-state index contributed by atoms with van der Waals surface area (Å²) >= 11 is 0. The Morgan fingerprint density at radius 3 is 2.45 bits per heavy atom. The molecule has 2 atom stereocenters. The highest BCUT2D eigenvalue weighted by molar-refractivity contribution is 5.77. The van der Waals surface area contributed by atoms with Crippen LogP contribution in [0, 0.1) is 0 Å². The molecule has 2 aliphatic heterocycles. The van der Waals surface area contributed by atoms with Gasteiger partial charge in [-0.25, -0.2) is 0 Å². The molecule has 2 N–H and O–H groups in total. The number of hydrogen-bond donors (Lipinski definition) is 2. The van der Waals surface area contributed by atoms with E-state index in [9.17, 15) is 4.79 Å². The maximum absolute atomic E-state index is 12.0. The van der Waals surface area contributed by atoms with Crippen LogP contribution in [0.5, 0.6) is 5.75 Å². The summed E-state index contributed by atoms with van der Waals surface area (Å²) in [6, 6.07) is 9.48. The molecule has 4 nitrogen and oxygen atoms in total. The molecule has 2 bridgehead atoms. The molecule has 4 heteroatoms. The van der Waals surface area contributed by atoms with Gasteiger partial charge in [0.2, 0.25) is 0 Å². The first-order valence-corrected chi connectivity index (χ1v) is 8.38. The Kier molecular flexibility index (Phi) is 4.67. The summed E-state index contributed by atoms with van der Waals surface area (Å²) in [4.78, 5) is 12.0. The van der Waals surface area contributed by atoms with Gasteiger partial charge in [0.15, 0.2) is 6.61 Å². The van der Waals surface area contributed by atoms with Crippen molar-refractivity contribution in [2.24, 2.45) is 0 Å². The first-order valence-electron chi connectivity index (χ1n) is 8.38. The van der Waals surface area contributed by atoms with Crippen LogP contribution in [0.4, 0.5) is 0 Å². The predicted octanol–water partition coefficient (Wildman–Crippen LogP) is 2.59. The Morgan fingerprint density at radius 2 is 1.86 bits per heavy atom. The molecule has 2 unspecified atom stereocenters. The second-order valence-corrected chi connectivity index (χ2v) is 6.89. The molecular formula is C18H26N2O2. The quantitative estimate of drug-likeness (QED) is 0.879. The van der Waals surface area contributed by atoms with Crippen molar-refractivity contribution < 1.29 is 9.53 Å². The van der Waals surface area contributed by atoms with Crippen molar-refractivity contribution in [3.8, 4) is 5.75 Å². The first-order chi connectivity index (χ1) is 10.6. The smallest absolute Gasteiger partial charge is 0.258 e. The number of piperidine rings is 1. The SMILES string of the molecule is CC(C)c1ccc(OCC(=O)NC2CC3CCC(C2)N3)cc1. The summed E-state index contributed by atoms with van der Waals surface area (Å²) < 4.78 is 5.59. The number of carbonyl (C=O) groups excluding carboxylic acids is 1. The van der Waals surface area contributed by atoms with Crippen molar-refractivity contribution in [3.05, 3.63) is 29.8 Å². The zero-order chi connectivity index (χ0) is 15.5. The second kappa shape index (κ2) is 6.69. The fourth-order valence-corrected chi connectivity index (χ4v) is 3.54. The van der Waals surface area contributed by atoms with Gasteiger partial charge in [0.25, 0.3) is 5.91 Å². The molecule has 120 valence electrons. The number of fused-ring (bicyclic) bond motifs is 2. The van der Waals surface area contributed by atoms with Crippen LogP contribution in [0.3, 0.4) is 0 Å². The topological polar surface area (TPSA) is 50.4 Å². The van der Waals surface area contributed by atoms with Crippen molar-refractivity contribution in [1.29, 1.82) is 0 Å². The highest BCUT2D eigenvalue weighted by Gasteiger charge is 2.33. The second-order valence-electron chi connectivity index (χ2n) is 6.89.